The van der Waals surface area contributed by atoms with Crippen LogP contribution in [0.3, 0.4) is 0 Å². The molecule has 1 aromatic heterocycles. The molecule has 0 atom stereocenters. The summed E-state index contributed by atoms with van der Waals surface area (Å²) in [4.78, 5) is 0. The van der Waals surface area contributed by atoms with Crippen molar-refractivity contribution in [3.63, 3.8) is 0 Å². The highest BCUT2D eigenvalue weighted by atomic mass is 16.5. The molecule has 0 aromatic carbocycles. The Hall–Kier alpha value is -0.980. The summed E-state index contributed by atoms with van der Waals surface area (Å²) in [5.41, 5.74) is 0.979. The molecular weight excluding hydrogens is 220 g/mol. The van der Waals surface area contributed by atoms with Gasteiger partial charge in [0.05, 0.1) is 18.9 Å². The largest absolute Gasteiger partial charge is 0.382 e. The number of nitrogens with one attached hydrogen (secondary N) is 1. The van der Waals surface area contributed by atoms with Crippen LogP contribution in [-0.2, 0) is 22.6 Å². The van der Waals surface area contributed by atoms with Crippen molar-refractivity contribution in [3.05, 3.63) is 11.9 Å². The van der Waals surface area contributed by atoms with Crippen molar-refractivity contribution >= 4 is 0 Å². The monoisotopic (exact) mass is 242 g/mol. The van der Waals surface area contributed by atoms with Crippen LogP contribution in [0.25, 0.3) is 0 Å². The van der Waals surface area contributed by atoms with Gasteiger partial charge in [-0.3, -0.25) is 4.68 Å². The molecule has 0 radical (unpaired) electrons. The second-order valence-corrected chi connectivity index (χ2v) is 3.71. The van der Waals surface area contributed by atoms with E-state index < -0.39 is 0 Å². The summed E-state index contributed by atoms with van der Waals surface area (Å²) >= 11 is 0. The van der Waals surface area contributed by atoms with Crippen molar-refractivity contribution in [1.29, 1.82) is 0 Å². The molecular formula is C11H22N4O2. The normalized spacial score (nSPS) is 10.9. The lowest BCUT2D eigenvalue weighted by Crippen LogP contribution is -2.11. The van der Waals surface area contributed by atoms with Crippen LogP contribution in [0.1, 0.15) is 19.0 Å². The van der Waals surface area contributed by atoms with Gasteiger partial charge in [0.15, 0.2) is 0 Å². The van der Waals surface area contributed by atoms with E-state index in [0.717, 1.165) is 38.4 Å². The third-order valence-corrected chi connectivity index (χ3v) is 2.25. The number of ether oxygens (including phenoxy) is 2. The molecule has 98 valence electrons. The molecule has 6 nitrogen and oxygen atoms in total. The minimum absolute atomic E-state index is 0.649. The summed E-state index contributed by atoms with van der Waals surface area (Å²) in [6.07, 6.45) is 2.91. The predicted molar refractivity (Wildman–Crippen MR) is 64.7 cm³/mol. The third-order valence-electron chi connectivity index (χ3n) is 2.25. The molecule has 17 heavy (non-hydrogen) atoms. The quantitative estimate of drug-likeness (QED) is 0.603. The van der Waals surface area contributed by atoms with Gasteiger partial charge >= 0.3 is 0 Å². The second kappa shape index (κ2) is 9.09. The van der Waals surface area contributed by atoms with E-state index in [1.165, 1.54) is 0 Å². The zero-order valence-electron chi connectivity index (χ0n) is 10.7. The summed E-state index contributed by atoms with van der Waals surface area (Å²) in [7, 11) is 1.67. The Morgan fingerprint density at radius 2 is 2.24 bits per heavy atom. The lowest BCUT2D eigenvalue weighted by atomic mass is 10.4. The second-order valence-electron chi connectivity index (χ2n) is 3.71. The van der Waals surface area contributed by atoms with Crippen LogP contribution in [0, 0.1) is 0 Å². The molecule has 0 aliphatic rings. The van der Waals surface area contributed by atoms with Crippen molar-refractivity contribution in [2.75, 3.05) is 33.5 Å². The van der Waals surface area contributed by atoms with E-state index in [9.17, 15) is 0 Å². The summed E-state index contributed by atoms with van der Waals surface area (Å²) in [6.45, 7) is 6.66. The van der Waals surface area contributed by atoms with Crippen molar-refractivity contribution in [2.45, 2.75) is 26.4 Å². The van der Waals surface area contributed by atoms with E-state index in [1.54, 1.807) is 7.11 Å². The van der Waals surface area contributed by atoms with Gasteiger partial charge in [-0.25, -0.2) is 0 Å². The summed E-state index contributed by atoms with van der Waals surface area (Å²) in [6, 6.07) is 0. The van der Waals surface area contributed by atoms with Crippen molar-refractivity contribution in [2.24, 2.45) is 0 Å². The maximum Gasteiger partial charge on any atom is 0.0964 e. The van der Waals surface area contributed by atoms with E-state index in [1.807, 2.05) is 10.9 Å². The fourth-order valence-corrected chi connectivity index (χ4v) is 1.35. The highest BCUT2D eigenvalue weighted by molar-refractivity contribution is 4.91. The Bertz CT molecular complexity index is 291. The van der Waals surface area contributed by atoms with Crippen LogP contribution in [-0.4, -0.2) is 48.5 Å². The van der Waals surface area contributed by atoms with Crippen LogP contribution in [0.2, 0.25) is 0 Å². The summed E-state index contributed by atoms with van der Waals surface area (Å²) in [5, 5.41) is 11.3. The SMILES string of the molecule is CCNCc1cn(CCCOCCOC)nn1. The molecule has 0 saturated carbocycles. The predicted octanol–water partition coefficient (Wildman–Crippen LogP) is 0.441. The highest BCUT2D eigenvalue weighted by Gasteiger charge is 1.99. The topological polar surface area (TPSA) is 61.2 Å². The van der Waals surface area contributed by atoms with E-state index >= 15 is 0 Å². The average molecular weight is 242 g/mol. The molecule has 0 amide bonds. The molecule has 0 fully saturated rings. The van der Waals surface area contributed by atoms with Gasteiger partial charge in [0.25, 0.3) is 0 Å². The lowest BCUT2D eigenvalue weighted by Gasteiger charge is -2.03. The molecule has 1 rings (SSSR count). The first kappa shape index (κ1) is 14.1. The molecule has 0 unspecified atom stereocenters. The Morgan fingerprint density at radius 1 is 1.35 bits per heavy atom. The number of hydrogen-bond acceptors (Lipinski definition) is 5. The summed E-state index contributed by atoms with van der Waals surface area (Å²) < 4.78 is 12.1. The van der Waals surface area contributed by atoms with Crippen LogP contribution in [0.5, 0.6) is 0 Å². The Labute approximate surface area is 102 Å². The number of hydrogen-bond donors (Lipinski definition) is 1. The molecule has 0 bridgehead atoms. The number of aryl methyl sites for hydroxylation is 1. The van der Waals surface area contributed by atoms with Crippen molar-refractivity contribution in [3.8, 4) is 0 Å². The van der Waals surface area contributed by atoms with Crippen LogP contribution in [0.15, 0.2) is 6.20 Å². The molecule has 0 spiro atoms. The van der Waals surface area contributed by atoms with Gasteiger partial charge in [-0.05, 0) is 13.0 Å². The average Bonchev–Trinajstić information content (AvgIpc) is 2.79. The smallest absolute Gasteiger partial charge is 0.0964 e. The molecule has 0 aliphatic carbocycles. The standard InChI is InChI=1S/C11H22N4O2/c1-3-12-9-11-10-15(14-13-11)5-4-6-17-8-7-16-2/h10,12H,3-9H2,1-2H3. The van der Waals surface area contributed by atoms with Gasteiger partial charge in [0, 0.05) is 33.0 Å². The van der Waals surface area contributed by atoms with Crippen LogP contribution in [0.4, 0.5) is 0 Å². The Morgan fingerprint density at radius 3 is 3.00 bits per heavy atom. The molecule has 6 heteroatoms. The minimum atomic E-state index is 0.649. The van der Waals surface area contributed by atoms with Crippen LogP contribution >= 0.6 is 0 Å². The van der Waals surface area contributed by atoms with Gasteiger partial charge in [0.2, 0.25) is 0 Å². The third kappa shape index (κ3) is 6.35. The molecule has 1 aromatic rings. The maximum atomic E-state index is 5.37. The Kier molecular flexibility index (Phi) is 7.53. The maximum absolute atomic E-state index is 5.37. The fraction of sp³-hybridized carbons (Fsp3) is 0.818. The molecule has 1 heterocycles. The first-order chi connectivity index (χ1) is 8.36. The van der Waals surface area contributed by atoms with Gasteiger partial charge in [0.1, 0.15) is 0 Å². The van der Waals surface area contributed by atoms with Crippen LogP contribution < -0.4 is 5.32 Å². The summed E-state index contributed by atoms with van der Waals surface area (Å²) in [5.74, 6) is 0. The van der Waals surface area contributed by atoms with Gasteiger partial charge < -0.3 is 14.8 Å². The highest BCUT2D eigenvalue weighted by Crippen LogP contribution is 1.95. The van der Waals surface area contributed by atoms with E-state index in [2.05, 4.69) is 22.6 Å². The number of methoxy groups -OCH3 is 1. The molecule has 1 N–H and O–H groups in total. The van der Waals surface area contributed by atoms with E-state index in [0.29, 0.717) is 13.2 Å². The first-order valence-electron chi connectivity index (χ1n) is 6.03. The molecule has 0 saturated heterocycles. The zero-order chi connectivity index (χ0) is 12.3. The minimum Gasteiger partial charge on any atom is -0.382 e. The van der Waals surface area contributed by atoms with Gasteiger partial charge in [-0.2, -0.15) is 0 Å². The number of aromatic nitrogens is 3. The lowest BCUT2D eigenvalue weighted by molar-refractivity contribution is 0.0676. The fourth-order valence-electron chi connectivity index (χ4n) is 1.35. The first-order valence-corrected chi connectivity index (χ1v) is 6.03. The van der Waals surface area contributed by atoms with Gasteiger partial charge in [-0.1, -0.05) is 12.1 Å². The van der Waals surface area contributed by atoms with Crippen molar-refractivity contribution < 1.29 is 9.47 Å². The zero-order valence-corrected chi connectivity index (χ0v) is 10.7. The van der Waals surface area contributed by atoms with Crippen molar-refractivity contribution in [1.82, 2.24) is 20.3 Å². The van der Waals surface area contributed by atoms with E-state index in [-0.39, 0.29) is 0 Å². The number of nitrogens with zero attached hydrogens (tertiary/aromatic N) is 3. The Balaban J connectivity index is 2.08. The molecule has 0 aliphatic heterocycles. The number of rotatable bonds is 10. The van der Waals surface area contributed by atoms with E-state index in [4.69, 9.17) is 9.47 Å². The van der Waals surface area contributed by atoms with Gasteiger partial charge in [-0.15, -0.1) is 5.10 Å².